The van der Waals surface area contributed by atoms with E-state index >= 15 is 0 Å². The molecule has 1 rings (SSSR count). The first-order chi connectivity index (χ1) is 7.75. The SMILES string of the molecule is C#CCSCCNc1nnccc1C(=O)O. The molecule has 0 aliphatic carbocycles. The Morgan fingerprint density at radius 3 is 3.19 bits per heavy atom. The van der Waals surface area contributed by atoms with Gasteiger partial charge in [-0.05, 0) is 6.07 Å². The Kier molecular flexibility index (Phi) is 5.16. The minimum Gasteiger partial charge on any atom is -0.478 e. The summed E-state index contributed by atoms with van der Waals surface area (Å²) < 4.78 is 0. The minimum atomic E-state index is -1.02. The molecule has 0 fully saturated rings. The van der Waals surface area contributed by atoms with Crippen LogP contribution in [0.2, 0.25) is 0 Å². The maximum atomic E-state index is 10.8. The summed E-state index contributed by atoms with van der Waals surface area (Å²) in [6.45, 7) is 0.602. The van der Waals surface area contributed by atoms with Crippen LogP contribution in [0.25, 0.3) is 0 Å². The van der Waals surface area contributed by atoms with E-state index in [1.54, 1.807) is 11.8 Å². The first-order valence-electron chi connectivity index (χ1n) is 4.55. The van der Waals surface area contributed by atoms with Gasteiger partial charge in [0.1, 0.15) is 5.56 Å². The second-order valence-corrected chi connectivity index (χ2v) is 3.89. The van der Waals surface area contributed by atoms with Gasteiger partial charge in [-0.25, -0.2) is 4.79 Å². The number of nitrogens with zero attached hydrogens (tertiary/aromatic N) is 2. The van der Waals surface area contributed by atoms with Crippen molar-refractivity contribution >= 4 is 23.5 Å². The molecule has 0 amide bonds. The van der Waals surface area contributed by atoms with Crippen molar-refractivity contribution in [2.45, 2.75) is 0 Å². The standard InChI is InChI=1S/C10H11N3O2S/c1-2-6-16-7-5-11-9-8(10(14)15)3-4-12-13-9/h1,3-4H,5-7H2,(H,11,13)(H,14,15). The fourth-order valence-corrected chi connectivity index (χ4v) is 1.52. The highest BCUT2D eigenvalue weighted by Gasteiger charge is 2.10. The monoisotopic (exact) mass is 237 g/mol. The summed E-state index contributed by atoms with van der Waals surface area (Å²) in [6, 6.07) is 1.41. The Labute approximate surface area is 97.7 Å². The maximum absolute atomic E-state index is 10.8. The molecule has 0 saturated carbocycles. The molecule has 5 nitrogen and oxygen atoms in total. The van der Waals surface area contributed by atoms with Crippen LogP contribution in [0.15, 0.2) is 12.3 Å². The van der Waals surface area contributed by atoms with E-state index in [0.717, 1.165) is 5.75 Å². The van der Waals surface area contributed by atoms with Gasteiger partial charge in [0.05, 0.1) is 11.9 Å². The minimum absolute atomic E-state index is 0.122. The number of terminal acetylenes is 1. The van der Waals surface area contributed by atoms with E-state index in [1.165, 1.54) is 12.3 Å². The van der Waals surface area contributed by atoms with Crippen LogP contribution < -0.4 is 5.32 Å². The highest BCUT2D eigenvalue weighted by molar-refractivity contribution is 7.99. The summed E-state index contributed by atoms with van der Waals surface area (Å²) in [6.07, 6.45) is 6.44. The van der Waals surface area contributed by atoms with Crippen molar-refractivity contribution in [1.29, 1.82) is 0 Å². The van der Waals surface area contributed by atoms with Gasteiger partial charge in [0.25, 0.3) is 0 Å². The van der Waals surface area contributed by atoms with Crippen LogP contribution in [-0.2, 0) is 0 Å². The van der Waals surface area contributed by atoms with E-state index in [0.29, 0.717) is 12.3 Å². The molecule has 16 heavy (non-hydrogen) atoms. The molecule has 1 aromatic rings. The summed E-state index contributed by atoms with van der Waals surface area (Å²) >= 11 is 1.59. The summed E-state index contributed by atoms with van der Waals surface area (Å²) in [5, 5.41) is 19.1. The third-order valence-corrected chi connectivity index (χ3v) is 2.54. The quantitative estimate of drug-likeness (QED) is 0.567. The summed E-state index contributed by atoms with van der Waals surface area (Å²) in [4.78, 5) is 10.8. The first-order valence-corrected chi connectivity index (χ1v) is 5.71. The number of aromatic nitrogens is 2. The van der Waals surface area contributed by atoms with Crippen LogP contribution in [0, 0.1) is 12.3 Å². The van der Waals surface area contributed by atoms with Crippen LogP contribution >= 0.6 is 11.8 Å². The highest BCUT2D eigenvalue weighted by atomic mass is 32.2. The fraction of sp³-hybridized carbons (Fsp3) is 0.300. The van der Waals surface area contributed by atoms with Crippen molar-refractivity contribution in [1.82, 2.24) is 10.2 Å². The Bertz CT molecular complexity index is 403. The summed E-state index contributed by atoms with van der Waals surface area (Å²) in [7, 11) is 0. The Hall–Kier alpha value is -1.74. The van der Waals surface area contributed by atoms with Gasteiger partial charge in [-0.1, -0.05) is 5.92 Å². The van der Waals surface area contributed by atoms with E-state index in [4.69, 9.17) is 11.5 Å². The molecule has 0 spiro atoms. The zero-order chi connectivity index (χ0) is 11.8. The lowest BCUT2D eigenvalue weighted by Gasteiger charge is -2.06. The molecule has 1 aromatic heterocycles. The zero-order valence-electron chi connectivity index (χ0n) is 8.51. The zero-order valence-corrected chi connectivity index (χ0v) is 9.33. The van der Waals surface area contributed by atoms with Crippen LogP contribution in [-0.4, -0.2) is 39.3 Å². The average Bonchev–Trinajstić information content (AvgIpc) is 2.29. The summed E-state index contributed by atoms with van der Waals surface area (Å²) in [5.74, 6) is 3.22. The lowest BCUT2D eigenvalue weighted by molar-refractivity contribution is 0.0697. The predicted octanol–water partition coefficient (Wildman–Crippen LogP) is 0.953. The second kappa shape index (κ2) is 6.69. The lowest BCUT2D eigenvalue weighted by atomic mass is 10.3. The van der Waals surface area contributed by atoms with Gasteiger partial charge >= 0.3 is 5.97 Å². The fourth-order valence-electron chi connectivity index (χ4n) is 1.01. The number of anilines is 1. The van der Waals surface area contributed by atoms with Gasteiger partial charge in [-0.15, -0.1) is 23.3 Å². The number of rotatable bonds is 6. The molecule has 1 heterocycles. The molecule has 0 bridgehead atoms. The lowest BCUT2D eigenvalue weighted by Crippen LogP contribution is -2.11. The average molecular weight is 237 g/mol. The molecule has 0 radical (unpaired) electrons. The van der Waals surface area contributed by atoms with Crippen molar-refractivity contribution in [2.75, 3.05) is 23.4 Å². The normalized spacial score (nSPS) is 9.44. The van der Waals surface area contributed by atoms with Crippen LogP contribution in [0.5, 0.6) is 0 Å². The molecule has 0 aromatic carbocycles. The van der Waals surface area contributed by atoms with E-state index in [-0.39, 0.29) is 11.4 Å². The van der Waals surface area contributed by atoms with Gasteiger partial charge in [-0.3, -0.25) is 0 Å². The molecule has 2 N–H and O–H groups in total. The molecule has 84 valence electrons. The molecule has 0 aliphatic heterocycles. The second-order valence-electron chi connectivity index (χ2n) is 2.78. The number of hydrogen-bond donors (Lipinski definition) is 2. The number of carboxylic acid groups (broad SMARTS) is 1. The van der Waals surface area contributed by atoms with Gasteiger partial charge in [0, 0.05) is 12.3 Å². The maximum Gasteiger partial charge on any atom is 0.339 e. The molecule has 0 unspecified atom stereocenters. The molecule has 0 atom stereocenters. The number of carbonyl (C=O) groups is 1. The summed E-state index contributed by atoms with van der Waals surface area (Å²) in [5.41, 5.74) is 0.122. The predicted molar refractivity (Wildman–Crippen MR) is 63.6 cm³/mol. The van der Waals surface area contributed by atoms with Crippen molar-refractivity contribution in [3.8, 4) is 12.3 Å². The van der Waals surface area contributed by atoms with Crippen molar-refractivity contribution in [3.05, 3.63) is 17.8 Å². The largest absolute Gasteiger partial charge is 0.478 e. The number of hydrogen-bond acceptors (Lipinski definition) is 5. The van der Waals surface area contributed by atoms with Crippen LogP contribution in [0.4, 0.5) is 5.82 Å². The highest BCUT2D eigenvalue weighted by Crippen LogP contribution is 2.09. The van der Waals surface area contributed by atoms with Crippen molar-refractivity contribution in [2.24, 2.45) is 0 Å². The molecular formula is C10H11N3O2S. The number of thioether (sulfide) groups is 1. The van der Waals surface area contributed by atoms with Gasteiger partial charge in [0.15, 0.2) is 5.82 Å². The van der Waals surface area contributed by atoms with Gasteiger partial charge in [0.2, 0.25) is 0 Å². The van der Waals surface area contributed by atoms with E-state index in [2.05, 4.69) is 21.4 Å². The molecule has 6 heteroatoms. The number of nitrogens with one attached hydrogen (secondary N) is 1. The van der Waals surface area contributed by atoms with Crippen molar-refractivity contribution in [3.63, 3.8) is 0 Å². The number of aromatic carboxylic acids is 1. The molecule has 0 saturated heterocycles. The first kappa shape index (κ1) is 12.3. The Morgan fingerprint density at radius 2 is 2.50 bits per heavy atom. The van der Waals surface area contributed by atoms with E-state index in [1.807, 2.05) is 0 Å². The van der Waals surface area contributed by atoms with Gasteiger partial charge < -0.3 is 10.4 Å². The smallest absolute Gasteiger partial charge is 0.339 e. The molecular weight excluding hydrogens is 226 g/mol. The number of carboxylic acids is 1. The van der Waals surface area contributed by atoms with Crippen molar-refractivity contribution < 1.29 is 9.90 Å². The Morgan fingerprint density at radius 1 is 1.69 bits per heavy atom. The third-order valence-electron chi connectivity index (χ3n) is 1.68. The van der Waals surface area contributed by atoms with Gasteiger partial charge in [-0.2, -0.15) is 5.10 Å². The van der Waals surface area contributed by atoms with Crippen LogP contribution in [0.3, 0.4) is 0 Å². The molecule has 0 aliphatic rings. The van der Waals surface area contributed by atoms with Crippen LogP contribution in [0.1, 0.15) is 10.4 Å². The van der Waals surface area contributed by atoms with E-state index < -0.39 is 5.97 Å². The van der Waals surface area contributed by atoms with E-state index in [9.17, 15) is 4.79 Å². The Balaban J connectivity index is 2.47. The third kappa shape index (κ3) is 3.79. The topological polar surface area (TPSA) is 75.1 Å².